The first kappa shape index (κ1) is 17.9. The van der Waals surface area contributed by atoms with E-state index in [1.54, 1.807) is 6.26 Å². The Morgan fingerprint density at radius 1 is 1.08 bits per heavy atom. The second-order valence-electron chi connectivity index (χ2n) is 5.83. The van der Waals surface area contributed by atoms with Gasteiger partial charge in [-0.15, -0.1) is 0 Å². The average Bonchev–Trinajstić information content (AvgIpc) is 3.09. The number of nitrogens with zero attached hydrogens (tertiary/aromatic N) is 2. The van der Waals surface area contributed by atoms with E-state index in [9.17, 15) is 0 Å². The number of furan rings is 1. The minimum atomic E-state index is 0.709. The highest BCUT2D eigenvalue weighted by molar-refractivity contribution is 5.79. The second-order valence-corrected chi connectivity index (χ2v) is 5.83. The van der Waals surface area contributed by atoms with E-state index < -0.39 is 0 Å². The van der Waals surface area contributed by atoms with E-state index in [0.717, 1.165) is 37.7 Å². The molecule has 0 bridgehead atoms. The number of benzene rings is 1. The molecule has 5 nitrogen and oxygen atoms in total. The average molecular weight is 328 g/mol. The van der Waals surface area contributed by atoms with Gasteiger partial charge >= 0.3 is 0 Å². The molecule has 2 rings (SSSR count). The van der Waals surface area contributed by atoms with Crippen molar-refractivity contribution in [3.8, 4) is 0 Å². The normalized spacial score (nSPS) is 11.4. The lowest BCUT2D eigenvalue weighted by atomic mass is 10.1. The Bertz CT molecular complexity index is 603. The first-order chi connectivity index (χ1) is 11.7. The smallest absolute Gasteiger partial charge is 0.191 e. The topological polar surface area (TPSA) is 52.8 Å². The maximum Gasteiger partial charge on any atom is 0.191 e. The number of nitrogens with one attached hydrogen (secondary N) is 2. The Morgan fingerprint density at radius 3 is 2.50 bits per heavy atom. The van der Waals surface area contributed by atoms with Gasteiger partial charge in [-0.05, 0) is 43.2 Å². The van der Waals surface area contributed by atoms with E-state index in [2.05, 4.69) is 65.8 Å². The molecule has 0 radical (unpaired) electrons. The molecular formula is C19H28N4O. The molecule has 0 aliphatic carbocycles. The van der Waals surface area contributed by atoms with E-state index in [1.165, 1.54) is 11.3 Å². The lowest BCUT2D eigenvalue weighted by molar-refractivity contribution is 0.510. The molecule has 0 aliphatic rings. The van der Waals surface area contributed by atoms with Crippen LogP contribution in [-0.2, 0) is 12.8 Å². The van der Waals surface area contributed by atoms with Crippen LogP contribution in [-0.4, -0.2) is 39.7 Å². The molecule has 0 unspecified atom stereocenters. The Balaban J connectivity index is 1.77. The van der Waals surface area contributed by atoms with Crippen LogP contribution < -0.4 is 15.5 Å². The standard InChI is InChI=1S/C19H28N4O/c1-4-20-19(22-14-12-18-6-5-15-24-18)21-13-11-16-7-9-17(10-8-16)23(2)3/h5-10,15H,4,11-14H2,1-3H3,(H2,20,21,22). The van der Waals surface area contributed by atoms with Gasteiger partial charge in [-0.1, -0.05) is 12.1 Å². The Kier molecular flexibility index (Phi) is 7.21. The van der Waals surface area contributed by atoms with Crippen LogP contribution in [0.3, 0.4) is 0 Å². The Morgan fingerprint density at radius 2 is 1.88 bits per heavy atom. The van der Waals surface area contributed by atoms with E-state index >= 15 is 0 Å². The zero-order chi connectivity index (χ0) is 17.2. The molecule has 0 aliphatic heterocycles. The molecule has 2 N–H and O–H groups in total. The summed E-state index contributed by atoms with van der Waals surface area (Å²) in [5.41, 5.74) is 2.54. The molecule has 0 atom stereocenters. The SMILES string of the molecule is CCNC(=NCCc1ccco1)NCCc1ccc(N(C)C)cc1. The van der Waals surface area contributed by atoms with Crippen LogP contribution in [0.4, 0.5) is 5.69 Å². The number of hydrogen-bond donors (Lipinski definition) is 2. The van der Waals surface area contributed by atoms with Crippen LogP contribution in [0.1, 0.15) is 18.2 Å². The van der Waals surface area contributed by atoms with Gasteiger partial charge in [-0.3, -0.25) is 4.99 Å². The highest BCUT2D eigenvalue weighted by Crippen LogP contribution is 2.12. The van der Waals surface area contributed by atoms with Gasteiger partial charge in [0.15, 0.2) is 5.96 Å². The first-order valence-electron chi connectivity index (χ1n) is 8.50. The zero-order valence-corrected chi connectivity index (χ0v) is 14.9. The molecule has 1 aromatic carbocycles. The van der Waals surface area contributed by atoms with Gasteiger partial charge in [-0.2, -0.15) is 0 Å². The molecule has 5 heteroatoms. The van der Waals surface area contributed by atoms with Crippen molar-refractivity contribution in [1.29, 1.82) is 0 Å². The van der Waals surface area contributed by atoms with Gasteiger partial charge in [0.2, 0.25) is 0 Å². The van der Waals surface area contributed by atoms with E-state index in [4.69, 9.17) is 4.42 Å². The van der Waals surface area contributed by atoms with Gasteiger partial charge in [0, 0.05) is 45.8 Å². The summed E-state index contributed by atoms with van der Waals surface area (Å²) in [5.74, 6) is 1.82. The number of hydrogen-bond acceptors (Lipinski definition) is 3. The number of aliphatic imine (C=N–C) groups is 1. The summed E-state index contributed by atoms with van der Waals surface area (Å²) in [6.45, 7) is 4.49. The number of guanidine groups is 1. The van der Waals surface area contributed by atoms with E-state index in [0.29, 0.717) is 6.54 Å². The largest absolute Gasteiger partial charge is 0.469 e. The number of rotatable bonds is 8. The number of anilines is 1. The van der Waals surface area contributed by atoms with Crippen molar-refractivity contribution in [2.75, 3.05) is 38.6 Å². The predicted molar refractivity (Wildman–Crippen MR) is 101 cm³/mol. The molecule has 0 saturated carbocycles. The molecule has 24 heavy (non-hydrogen) atoms. The Labute approximate surface area is 144 Å². The van der Waals surface area contributed by atoms with Crippen molar-refractivity contribution in [3.05, 3.63) is 54.0 Å². The van der Waals surface area contributed by atoms with Crippen LogP contribution in [0, 0.1) is 0 Å². The first-order valence-corrected chi connectivity index (χ1v) is 8.50. The zero-order valence-electron chi connectivity index (χ0n) is 14.9. The predicted octanol–water partition coefficient (Wildman–Crippen LogP) is 2.69. The highest BCUT2D eigenvalue weighted by atomic mass is 16.3. The summed E-state index contributed by atoms with van der Waals surface area (Å²) in [7, 11) is 4.11. The molecule has 0 amide bonds. The van der Waals surface area contributed by atoms with Crippen LogP contribution in [0.2, 0.25) is 0 Å². The summed E-state index contributed by atoms with van der Waals surface area (Å²) in [4.78, 5) is 6.69. The van der Waals surface area contributed by atoms with Gasteiger partial charge in [0.25, 0.3) is 0 Å². The lowest BCUT2D eigenvalue weighted by Gasteiger charge is -2.13. The van der Waals surface area contributed by atoms with Gasteiger partial charge in [-0.25, -0.2) is 0 Å². The fourth-order valence-electron chi connectivity index (χ4n) is 2.36. The minimum absolute atomic E-state index is 0.709. The molecule has 1 heterocycles. The summed E-state index contributed by atoms with van der Waals surface area (Å²) in [6, 6.07) is 12.5. The van der Waals surface area contributed by atoms with E-state index in [-0.39, 0.29) is 0 Å². The van der Waals surface area contributed by atoms with Crippen LogP contribution >= 0.6 is 0 Å². The van der Waals surface area contributed by atoms with Gasteiger partial charge in [0.1, 0.15) is 5.76 Å². The highest BCUT2D eigenvalue weighted by Gasteiger charge is 2.00. The third-order valence-corrected chi connectivity index (χ3v) is 3.71. The fraction of sp³-hybridized carbons (Fsp3) is 0.421. The quantitative estimate of drug-likeness (QED) is 0.578. The summed E-state index contributed by atoms with van der Waals surface area (Å²) < 4.78 is 5.33. The second kappa shape index (κ2) is 9.65. The van der Waals surface area contributed by atoms with Crippen molar-refractivity contribution in [2.24, 2.45) is 4.99 Å². The Hall–Kier alpha value is -2.43. The molecular weight excluding hydrogens is 300 g/mol. The summed E-state index contributed by atoms with van der Waals surface area (Å²) in [5, 5.41) is 6.66. The third kappa shape index (κ3) is 5.99. The molecule has 130 valence electrons. The summed E-state index contributed by atoms with van der Waals surface area (Å²) in [6.07, 6.45) is 3.48. The van der Waals surface area contributed by atoms with Crippen molar-refractivity contribution < 1.29 is 4.42 Å². The molecule has 2 aromatic rings. The van der Waals surface area contributed by atoms with Gasteiger partial charge < -0.3 is 20.0 Å². The molecule has 0 spiro atoms. The molecule has 0 saturated heterocycles. The molecule has 0 fully saturated rings. The maximum absolute atomic E-state index is 5.33. The van der Waals surface area contributed by atoms with Crippen LogP contribution in [0.5, 0.6) is 0 Å². The fourth-order valence-corrected chi connectivity index (χ4v) is 2.36. The van der Waals surface area contributed by atoms with Crippen LogP contribution in [0.25, 0.3) is 0 Å². The minimum Gasteiger partial charge on any atom is -0.469 e. The lowest BCUT2D eigenvalue weighted by Crippen LogP contribution is -2.38. The van der Waals surface area contributed by atoms with E-state index in [1.807, 2.05) is 12.1 Å². The van der Waals surface area contributed by atoms with Crippen molar-refractivity contribution in [2.45, 2.75) is 19.8 Å². The molecule has 1 aromatic heterocycles. The summed E-state index contributed by atoms with van der Waals surface area (Å²) >= 11 is 0. The van der Waals surface area contributed by atoms with Crippen molar-refractivity contribution >= 4 is 11.6 Å². The maximum atomic E-state index is 5.33. The van der Waals surface area contributed by atoms with Crippen LogP contribution in [0.15, 0.2) is 52.1 Å². The van der Waals surface area contributed by atoms with Crippen molar-refractivity contribution in [1.82, 2.24) is 10.6 Å². The third-order valence-electron chi connectivity index (χ3n) is 3.71. The monoisotopic (exact) mass is 328 g/mol. The van der Waals surface area contributed by atoms with Crippen molar-refractivity contribution in [3.63, 3.8) is 0 Å². The van der Waals surface area contributed by atoms with Gasteiger partial charge in [0.05, 0.1) is 6.26 Å².